The fraction of sp³-hybridized carbons (Fsp3) is 0.353. The Morgan fingerprint density at radius 3 is 2.75 bits per heavy atom. The van der Waals surface area contributed by atoms with Gasteiger partial charge < -0.3 is 5.41 Å². The Morgan fingerprint density at radius 2 is 2.10 bits per heavy atom. The second kappa shape index (κ2) is 5.05. The van der Waals surface area contributed by atoms with Crippen molar-refractivity contribution in [2.45, 2.75) is 26.2 Å². The van der Waals surface area contributed by atoms with Crippen LogP contribution in [0, 0.1) is 28.6 Å². The molecule has 0 spiro atoms. The lowest BCUT2D eigenvalue weighted by molar-refractivity contribution is 0.487. The van der Waals surface area contributed by atoms with E-state index in [0.29, 0.717) is 11.8 Å². The molecule has 1 N–H and O–H groups in total. The molecule has 2 aliphatic rings. The highest BCUT2D eigenvalue weighted by molar-refractivity contribution is 5.82. The Labute approximate surface area is 119 Å². The highest BCUT2D eigenvalue weighted by Gasteiger charge is 2.39. The maximum atomic E-state index is 9.49. The van der Waals surface area contributed by atoms with Crippen molar-refractivity contribution in [2.24, 2.45) is 11.8 Å². The fourth-order valence-corrected chi connectivity index (χ4v) is 3.68. The predicted molar refractivity (Wildman–Crippen MR) is 79.1 cm³/mol. The zero-order valence-electron chi connectivity index (χ0n) is 11.6. The lowest BCUT2D eigenvalue weighted by atomic mass is 9.95. The summed E-state index contributed by atoms with van der Waals surface area (Å²) in [6, 6.07) is 6.17. The molecule has 0 aromatic carbocycles. The number of hydrogen-bond donors (Lipinski definition) is 1. The molecule has 3 heteroatoms. The molecule has 0 radical (unpaired) electrons. The number of pyridine rings is 1. The van der Waals surface area contributed by atoms with E-state index >= 15 is 0 Å². The molecule has 0 bridgehead atoms. The molecule has 0 aliphatic heterocycles. The summed E-state index contributed by atoms with van der Waals surface area (Å²) in [5.74, 6) is 1.04. The van der Waals surface area contributed by atoms with Crippen LogP contribution in [-0.4, -0.2) is 11.2 Å². The molecule has 2 unspecified atom stereocenters. The number of rotatable bonds is 2. The zero-order chi connectivity index (χ0) is 14.1. The first-order valence-corrected chi connectivity index (χ1v) is 6.97. The molecule has 20 heavy (non-hydrogen) atoms. The van der Waals surface area contributed by atoms with Crippen LogP contribution < -0.4 is 0 Å². The maximum Gasteiger partial charge on any atom is 0.0997 e. The second-order valence-corrected chi connectivity index (χ2v) is 5.69. The van der Waals surface area contributed by atoms with Gasteiger partial charge in [-0.05, 0) is 61.3 Å². The van der Waals surface area contributed by atoms with E-state index in [9.17, 15) is 5.26 Å². The van der Waals surface area contributed by atoms with Crippen LogP contribution in [0.4, 0.5) is 0 Å². The second-order valence-electron chi connectivity index (χ2n) is 5.69. The number of fused-ring (bicyclic) bond motifs is 1. The first-order valence-electron chi connectivity index (χ1n) is 6.97. The molecule has 1 saturated carbocycles. The van der Waals surface area contributed by atoms with Gasteiger partial charge in [0.25, 0.3) is 0 Å². The summed E-state index contributed by atoms with van der Waals surface area (Å²) in [7, 11) is 0. The van der Waals surface area contributed by atoms with Crippen LogP contribution in [0.15, 0.2) is 41.2 Å². The maximum absolute atomic E-state index is 9.49. The predicted octanol–water partition coefficient (Wildman–Crippen LogP) is 3.75. The summed E-state index contributed by atoms with van der Waals surface area (Å²) < 4.78 is 0. The van der Waals surface area contributed by atoms with Crippen LogP contribution in [-0.2, 0) is 0 Å². The molecule has 2 atom stereocenters. The van der Waals surface area contributed by atoms with E-state index in [0.717, 1.165) is 30.4 Å². The van der Waals surface area contributed by atoms with Crippen molar-refractivity contribution < 1.29 is 0 Å². The standard InChI is InChI=1S/C17H17N3/c1-11-6-13-7-14(8-15(13)16(11)9-18)17(10-19)12-2-4-20-5-3-12/h2-5,9,13,15,18H,6-8H2,1H3/b17-14+,18-9?. The number of aromatic nitrogens is 1. The highest BCUT2D eigenvalue weighted by Crippen LogP contribution is 2.50. The Kier molecular flexibility index (Phi) is 3.23. The average Bonchev–Trinajstić information content (AvgIpc) is 2.97. The Hall–Kier alpha value is -2.21. The minimum absolute atomic E-state index is 0.452. The van der Waals surface area contributed by atoms with Crippen molar-refractivity contribution in [3.8, 4) is 6.07 Å². The van der Waals surface area contributed by atoms with Gasteiger partial charge in [-0.3, -0.25) is 4.98 Å². The van der Waals surface area contributed by atoms with Crippen molar-refractivity contribution in [1.29, 1.82) is 10.7 Å². The van der Waals surface area contributed by atoms with Crippen LogP contribution in [0.1, 0.15) is 31.7 Å². The third-order valence-electron chi connectivity index (χ3n) is 4.59. The third-order valence-corrected chi connectivity index (χ3v) is 4.59. The number of allylic oxidation sites excluding steroid dienone is 4. The van der Waals surface area contributed by atoms with Crippen molar-refractivity contribution in [1.82, 2.24) is 4.98 Å². The lowest BCUT2D eigenvalue weighted by Crippen LogP contribution is -2.03. The molecule has 1 heterocycles. The van der Waals surface area contributed by atoms with Crippen LogP contribution in [0.5, 0.6) is 0 Å². The first-order chi connectivity index (χ1) is 9.74. The smallest absolute Gasteiger partial charge is 0.0997 e. The van der Waals surface area contributed by atoms with E-state index in [2.05, 4.69) is 18.0 Å². The van der Waals surface area contributed by atoms with Gasteiger partial charge in [0.1, 0.15) is 0 Å². The molecule has 100 valence electrons. The minimum Gasteiger partial charge on any atom is -0.308 e. The zero-order valence-corrected chi connectivity index (χ0v) is 11.6. The van der Waals surface area contributed by atoms with Crippen molar-refractivity contribution in [2.75, 3.05) is 0 Å². The summed E-state index contributed by atoms with van der Waals surface area (Å²) >= 11 is 0. The van der Waals surface area contributed by atoms with E-state index in [-0.39, 0.29) is 0 Å². The Balaban J connectivity index is 1.96. The minimum atomic E-state index is 0.452. The van der Waals surface area contributed by atoms with Gasteiger partial charge in [-0.1, -0.05) is 11.1 Å². The van der Waals surface area contributed by atoms with E-state index < -0.39 is 0 Å². The molecular weight excluding hydrogens is 246 g/mol. The summed E-state index contributed by atoms with van der Waals surface area (Å²) in [5, 5.41) is 17.1. The highest BCUT2D eigenvalue weighted by atomic mass is 14.6. The normalized spacial score (nSPS) is 27.2. The van der Waals surface area contributed by atoms with Gasteiger partial charge in [0.2, 0.25) is 0 Å². The number of hydrogen-bond acceptors (Lipinski definition) is 3. The van der Waals surface area contributed by atoms with Gasteiger partial charge in [0.05, 0.1) is 11.6 Å². The number of nitrogens with zero attached hydrogens (tertiary/aromatic N) is 2. The molecule has 1 aromatic heterocycles. The van der Waals surface area contributed by atoms with Crippen molar-refractivity contribution >= 4 is 11.8 Å². The lowest BCUT2D eigenvalue weighted by Gasteiger charge is -2.09. The number of nitrogens with one attached hydrogen (secondary N) is 1. The topological polar surface area (TPSA) is 60.5 Å². The van der Waals surface area contributed by atoms with Gasteiger partial charge >= 0.3 is 0 Å². The molecule has 0 amide bonds. The summed E-state index contributed by atoms with van der Waals surface area (Å²) in [5.41, 5.74) is 5.58. The molecule has 3 rings (SSSR count). The van der Waals surface area contributed by atoms with Crippen molar-refractivity contribution in [3.05, 3.63) is 46.8 Å². The van der Waals surface area contributed by atoms with Crippen molar-refractivity contribution in [3.63, 3.8) is 0 Å². The summed E-state index contributed by atoms with van der Waals surface area (Å²) in [4.78, 5) is 4.01. The van der Waals surface area contributed by atoms with Crippen LogP contribution in [0.25, 0.3) is 5.57 Å². The van der Waals surface area contributed by atoms with Gasteiger partial charge in [-0.2, -0.15) is 5.26 Å². The molecular formula is C17H17N3. The Bertz CT molecular complexity index is 647. The van der Waals surface area contributed by atoms with E-state index in [1.54, 1.807) is 12.4 Å². The average molecular weight is 263 g/mol. The van der Waals surface area contributed by atoms with Crippen LogP contribution in [0.3, 0.4) is 0 Å². The molecule has 1 fully saturated rings. The van der Waals surface area contributed by atoms with Crippen LogP contribution >= 0.6 is 0 Å². The SMILES string of the molecule is CC1=C(C=N)C2C/C(=C(\C#N)c3ccncc3)CC2C1. The Morgan fingerprint density at radius 1 is 1.35 bits per heavy atom. The van der Waals surface area contributed by atoms with Gasteiger partial charge in [-0.25, -0.2) is 0 Å². The van der Waals surface area contributed by atoms with Gasteiger partial charge in [-0.15, -0.1) is 0 Å². The molecule has 1 aromatic rings. The van der Waals surface area contributed by atoms with E-state index in [4.69, 9.17) is 5.41 Å². The summed E-state index contributed by atoms with van der Waals surface area (Å²) in [6.07, 6.45) is 7.98. The summed E-state index contributed by atoms with van der Waals surface area (Å²) in [6.45, 7) is 2.14. The van der Waals surface area contributed by atoms with E-state index in [1.807, 2.05) is 12.1 Å². The fourth-order valence-electron chi connectivity index (χ4n) is 3.68. The molecule has 2 aliphatic carbocycles. The van der Waals surface area contributed by atoms with Gasteiger partial charge in [0, 0.05) is 18.6 Å². The molecule has 0 saturated heterocycles. The van der Waals surface area contributed by atoms with Gasteiger partial charge in [0.15, 0.2) is 0 Å². The third kappa shape index (κ3) is 1.98. The largest absolute Gasteiger partial charge is 0.308 e. The quantitative estimate of drug-likeness (QED) is 0.652. The van der Waals surface area contributed by atoms with Crippen LogP contribution in [0.2, 0.25) is 0 Å². The monoisotopic (exact) mass is 263 g/mol. The molecule has 3 nitrogen and oxygen atoms in total. The first kappa shape index (κ1) is 12.8. The number of nitriles is 1. The van der Waals surface area contributed by atoms with E-state index in [1.165, 1.54) is 22.9 Å².